The van der Waals surface area contributed by atoms with E-state index in [2.05, 4.69) is 10.1 Å². The number of carbonyl (C=O) groups excluding carboxylic acids is 1. The number of ether oxygens (including phenoxy) is 1. The fraction of sp³-hybridized carbons (Fsp3) is 0.0714. The predicted octanol–water partition coefficient (Wildman–Crippen LogP) is 4.19. The first kappa shape index (κ1) is 14.3. The van der Waals surface area contributed by atoms with Crippen LogP contribution < -0.4 is 10.1 Å². The number of alkyl halides is 2. The van der Waals surface area contributed by atoms with E-state index in [9.17, 15) is 13.6 Å². The minimum atomic E-state index is -2.87. The molecule has 0 aliphatic heterocycles. The zero-order valence-corrected chi connectivity index (χ0v) is 10.9. The Morgan fingerprint density at radius 1 is 1.15 bits per heavy atom. The second-order valence-electron chi connectivity index (χ2n) is 3.87. The van der Waals surface area contributed by atoms with Gasteiger partial charge in [0.1, 0.15) is 5.75 Å². The lowest BCUT2D eigenvalue weighted by Gasteiger charge is -2.07. The third-order valence-corrected chi connectivity index (χ3v) is 2.66. The van der Waals surface area contributed by atoms with Crippen molar-refractivity contribution in [3.8, 4) is 5.75 Å². The average Bonchev–Trinajstić information content (AvgIpc) is 2.40. The van der Waals surface area contributed by atoms with Gasteiger partial charge in [-0.25, -0.2) is 0 Å². The van der Waals surface area contributed by atoms with Crippen LogP contribution in [0, 0.1) is 0 Å². The first-order chi connectivity index (χ1) is 9.54. The molecule has 2 rings (SSSR count). The average molecular weight is 298 g/mol. The predicted molar refractivity (Wildman–Crippen MR) is 72.5 cm³/mol. The lowest BCUT2D eigenvalue weighted by Crippen LogP contribution is -2.11. The van der Waals surface area contributed by atoms with Gasteiger partial charge in [0.2, 0.25) is 0 Å². The number of hydrogen-bond donors (Lipinski definition) is 1. The molecule has 0 heterocycles. The second-order valence-corrected chi connectivity index (χ2v) is 4.30. The van der Waals surface area contributed by atoms with Gasteiger partial charge < -0.3 is 10.1 Å². The van der Waals surface area contributed by atoms with Gasteiger partial charge in [-0.3, -0.25) is 4.79 Å². The van der Waals surface area contributed by atoms with Gasteiger partial charge >= 0.3 is 6.61 Å². The maximum Gasteiger partial charge on any atom is 0.387 e. The summed E-state index contributed by atoms with van der Waals surface area (Å²) in [4.78, 5) is 11.9. The van der Waals surface area contributed by atoms with Gasteiger partial charge in [0.05, 0.1) is 0 Å². The molecule has 2 aromatic carbocycles. The molecule has 20 heavy (non-hydrogen) atoms. The lowest BCUT2D eigenvalue weighted by molar-refractivity contribution is -0.0498. The Morgan fingerprint density at radius 2 is 1.85 bits per heavy atom. The Morgan fingerprint density at radius 3 is 2.45 bits per heavy atom. The van der Waals surface area contributed by atoms with Crippen LogP contribution in [0.4, 0.5) is 14.5 Å². The number of carbonyl (C=O) groups is 1. The fourth-order valence-corrected chi connectivity index (χ4v) is 1.74. The van der Waals surface area contributed by atoms with Crippen LogP contribution in [0.15, 0.2) is 48.5 Å². The van der Waals surface area contributed by atoms with Crippen LogP contribution in [-0.2, 0) is 0 Å². The molecule has 0 spiro atoms. The molecule has 6 heteroatoms. The van der Waals surface area contributed by atoms with Gasteiger partial charge in [0.25, 0.3) is 5.91 Å². The van der Waals surface area contributed by atoms with Gasteiger partial charge in [-0.1, -0.05) is 17.7 Å². The normalized spacial score (nSPS) is 10.4. The second kappa shape index (κ2) is 6.34. The number of benzene rings is 2. The first-order valence-electron chi connectivity index (χ1n) is 5.66. The molecule has 0 atom stereocenters. The number of nitrogens with one attached hydrogen (secondary N) is 1. The summed E-state index contributed by atoms with van der Waals surface area (Å²) in [6, 6.07) is 12.1. The van der Waals surface area contributed by atoms with E-state index in [0.717, 1.165) is 0 Å². The largest absolute Gasteiger partial charge is 0.435 e. The topological polar surface area (TPSA) is 38.3 Å². The molecule has 1 N–H and O–H groups in total. The molecule has 0 unspecified atom stereocenters. The van der Waals surface area contributed by atoms with Crippen molar-refractivity contribution in [2.75, 3.05) is 5.32 Å². The smallest absolute Gasteiger partial charge is 0.387 e. The fourth-order valence-electron chi connectivity index (χ4n) is 1.55. The zero-order chi connectivity index (χ0) is 14.5. The highest BCUT2D eigenvalue weighted by molar-refractivity contribution is 6.31. The summed E-state index contributed by atoms with van der Waals surface area (Å²) in [6.45, 7) is -2.87. The highest BCUT2D eigenvalue weighted by Gasteiger charge is 2.07. The van der Waals surface area contributed by atoms with Crippen LogP contribution in [0.25, 0.3) is 0 Å². The highest BCUT2D eigenvalue weighted by atomic mass is 35.5. The third-order valence-electron chi connectivity index (χ3n) is 2.42. The molecule has 104 valence electrons. The molecule has 0 aliphatic rings. The van der Waals surface area contributed by atoms with E-state index in [1.54, 1.807) is 18.2 Å². The van der Waals surface area contributed by atoms with E-state index >= 15 is 0 Å². The highest BCUT2D eigenvalue weighted by Crippen LogP contribution is 2.19. The number of halogens is 3. The molecule has 0 bridgehead atoms. The standard InChI is InChI=1S/C14H10ClF2NO2/c15-10-3-1-2-9(8-10)13(19)18-11-4-6-12(7-5-11)20-14(16)17/h1-8,14H,(H,18,19). The van der Waals surface area contributed by atoms with Crippen molar-refractivity contribution >= 4 is 23.2 Å². The van der Waals surface area contributed by atoms with Crippen molar-refractivity contribution in [1.29, 1.82) is 0 Å². The van der Waals surface area contributed by atoms with E-state index in [-0.39, 0.29) is 11.7 Å². The van der Waals surface area contributed by atoms with Crippen LogP contribution in [0.5, 0.6) is 5.75 Å². The Hall–Kier alpha value is -2.14. The number of rotatable bonds is 4. The molecule has 0 saturated carbocycles. The quantitative estimate of drug-likeness (QED) is 0.919. The van der Waals surface area contributed by atoms with Crippen molar-refractivity contribution < 1.29 is 18.3 Å². The van der Waals surface area contributed by atoms with E-state index in [1.165, 1.54) is 30.3 Å². The van der Waals surface area contributed by atoms with E-state index in [0.29, 0.717) is 16.3 Å². The van der Waals surface area contributed by atoms with Gasteiger partial charge in [-0.05, 0) is 42.5 Å². The van der Waals surface area contributed by atoms with E-state index < -0.39 is 6.61 Å². The molecule has 0 aliphatic carbocycles. The number of hydrogen-bond acceptors (Lipinski definition) is 2. The van der Waals surface area contributed by atoms with E-state index in [4.69, 9.17) is 11.6 Å². The molecule has 0 fully saturated rings. The molecule has 0 radical (unpaired) electrons. The van der Waals surface area contributed by atoms with Crippen molar-refractivity contribution in [2.45, 2.75) is 6.61 Å². The molecule has 3 nitrogen and oxygen atoms in total. The zero-order valence-electron chi connectivity index (χ0n) is 10.1. The van der Waals surface area contributed by atoms with Gasteiger partial charge in [0, 0.05) is 16.3 Å². The molecule has 2 aromatic rings. The summed E-state index contributed by atoms with van der Waals surface area (Å²) in [7, 11) is 0. The summed E-state index contributed by atoms with van der Waals surface area (Å²) in [5.74, 6) is -0.309. The van der Waals surface area contributed by atoms with Crippen LogP contribution in [0.1, 0.15) is 10.4 Å². The first-order valence-corrected chi connectivity index (χ1v) is 6.04. The van der Waals surface area contributed by atoms with Crippen molar-refractivity contribution in [3.63, 3.8) is 0 Å². The summed E-state index contributed by atoms with van der Waals surface area (Å²) in [5, 5.41) is 3.08. The van der Waals surface area contributed by atoms with Crippen LogP contribution in [-0.4, -0.2) is 12.5 Å². The maximum atomic E-state index is 12.0. The van der Waals surface area contributed by atoms with Gasteiger partial charge in [-0.2, -0.15) is 8.78 Å². The molecular weight excluding hydrogens is 288 g/mol. The van der Waals surface area contributed by atoms with Crippen molar-refractivity contribution in [1.82, 2.24) is 0 Å². The monoisotopic (exact) mass is 297 g/mol. The molecule has 1 amide bonds. The minimum absolute atomic E-state index is 0.0285. The SMILES string of the molecule is O=C(Nc1ccc(OC(F)F)cc1)c1cccc(Cl)c1. The molecular formula is C14H10ClF2NO2. The minimum Gasteiger partial charge on any atom is -0.435 e. The summed E-state index contributed by atoms with van der Waals surface area (Å²) >= 11 is 5.79. The Balaban J connectivity index is 2.04. The van der Waals surface area contributed by atoms with Gasteiger partial charge in [0.15, 0.2) is 0 Å². The van der Waals surface area contributed by atoms with E-state index in [1.807, 2.05) is 0 Å². The van der Waals surface area contributed by atoms with Crippen LogP contribution in [0.3, 0.4) is 0 Å². The number of anilines is 1. The van der Waals surface area contributed by atoms with Crippen molar-refractivity contribution in [2.24, 2.45) is 0 Å². The molecule has 0 aromatic heterocycles. The summed E-state index contributed by atoms with van der Waals surface area (Å²) < 4.78 is 28.2. The van der Waals surface area contributed by atoms with Gasteiger partial charge in [-0.15, -0.1) is 0 Å². The third kappa shape index (κ3) is 3.93. The van der Waals surface area contributed by atoms with Crippen molar-refractivity contribution in [3.05, 3.63) is 59.1 Å². The Kier molecular flexibility index (Phi) is 4.53. The Labute approximate surface area is 119 Å². The molecule has 0 saturated heterocycles. The Bertz CT molecular complexity index is 602. The maximum absolute atomic E-state index is 12.0. The van der Waals surface area contributed by atoms with Crippen LogP contribution in [0.2, 0.25) is 5.02 Å². The number of amides is 1. The van der Waals surface area contributed by atoms with Crippen LogP contribution >= 0.6 is 11.6 Å². The lowest BCUT2D eigenvalue weighted by atomic mass is 10.2. The summed E-state index contributed by atoms with van der Waals surface area (Å²) in [5.41, 5.74) is 0.877. The summed E-state index contributed by atoms with van der Waals surface area (Å²) in [6.07, 6.45) is 0.